The van der Waals surface area contributed by atoms with Crippen LogP contribution in [0.25, 0.3) is 0 Å². The van der Waals surface area contributed by atoms with Crippen molar-refractivity contribution in [3.63, 3.8) is 0 Å². The number of alkyl halides is 3. The molecule has 2 fully saturated rings. The maximum atomic E-state index is 12.5. The minimum Gasteiger partial charge on any atom is -0.477 e. The van der Waals surface area contributed by atoms with Crippen LogP contribution in [0, 0.1) is 5.41 Å². The number of hydrogen-bond acceptors (Lipinski definition) is 6. The van der Waals surface area contributed by atoms with E-state index in [2.05, 4.69) is 4.98 Å². The number of carbonyl (C=O) groups is 2. The number of hydrogen-bond donors (Lipinski definition) is 1. The Bertz CT molecular complexity index is 733. The van der Waals surface area contributed by atoms with Gasteiger partial charge in [0.25, 0.3) is 0 Å². The first-order valence-electron chi connectivity index (χ1n) is 9.91. The summed E-state index contributed by atoms with van der Waals surface area (Å²) in [5.41, 5.74) is -0.129. The fraction of sp³-hybridized carbons (Fsp3) is 0.650. The Kier molecular flexibility index (Phi) is 8.63. The molecule has 1 amide bonds. The lowest BCUT2D eigenvalue weighted by Gasteiger charge is -2.50. The van der Waals surface area contributed by atoms with E-state index >= 15 is 0 Å². The highest BCUT2D eigenvalue weighted by atomic mass is 19.4. The van der Waals surface area contributed by atoms with Gasteiger partial charge in [-0.3, -0.25) is 4.79 Å². The summed E-state index contributed by atoms with van der Waals surface area (Å²) in [6.45, 7) is 3.27. The molecule has 0 spiro atoms. The van der Waals surface area contributed by atoms with E-state index in [4.69, 9.17) is 19.4 Å². The number of likely N-dealkylation sites (tertiary alicyclic amines) is 1. The summed E-state index contributed by atoms with van der Waals surface area (Å²) < 4.78 is 43.7. The average Bonchev–Trinajstić information content (AvgIpc) is 2.72. The molecule has 2 aliphatic heterocycles. The number of piperidine rings is 1. The Hall–Kier alpha value is -2.40. The summed E-state index contributed by atoms with van der Waals surface area (Å²) >= 11 is 0. The molecular weight excluding hydrogens is 419 g/mol. The van der Waals surface area contributed by atoms with Gasteiger partial charge in [0.1, 0.15) is 0 Å². The lowest BCUT2D eigenvalue weighted by Crippen LogP contribution is -2.59. The number of aliphatic carboxylic acids is 1. The fourth-order valence-corrected chi connectivity index (χ4v) is 3.73. The van der Waals surface area contributed by atoms with Crippen LogP contribution in [-0.2, 0) is 14.3 Å². The first-order valence-corrected chi connectivity index (χ1v) is 9.91. The van der Waals surface area contributed by atoms with Crippen molar-refractivity contribution in [1.29, 1.82) is 0 Å². The van der Waals surface area contributed by atoms with Crippen LogP contribution in [0.1, 0.15) is 19.3 Å². The van der Waals surface area contributed by atoms with Crippen LogP contribution in [0.15, 0.2) is 24.4 Å². The number of rotatable bonds is 5. The maximum absolute atomic E-state index is 12.5. The highest BCUT2D eigenvalue weighted by Gasteiger charge is 2.47. The smallest absolute Gasteiger partial charge is 0.477 e. The number of carboxylic acid groups (broad SMARTS) is 1. The van der Waals surface area contributed by atoms with Gasteiger partial charge in [-0.05, 0) is 39.4 Å². The van der Waals surface area contributed by atoms with E-state index < -0.39 is 12.1 Å². The second-order valence-electron chi connectivity index (χ2n) is 7.93. The molecule has 2 aliphatic rings. The third kappa shape index (κ3) is 7.35. The Labute approximate surface area is 178 Å². The van der Waals surface area contributed by atoms with Crippen molar-refractivity contribution < 1.29 is 37.3 Å². The monoisotopic (exact) mass is 447 g/mol. The minimum atomic E-state index is -5.08. The summed E-state index contributed by atoms with van der Waals surface area (Å²) in [4.78, 5) is 29.5. The number of nitrogens with zero attached hydrogens (tertiary/aromatic N) is 3. The predicted molar refractivity (Wildman–Crippen MR) is 105 cm³/mol. The van der Waals surface area contributed by atoms with E-state index in [-0.39, 0.29) is 17.4 Å². The van der Waals surface area contributed by atoms with Crippen LogP contribution in [0.2, 0.25) is 0 Å². The van der Waals surface area contributed by atoms with Gasteiger partial charge >= 0.3 is 12.1 Å². The number of aromatic nitrogens is 1. The number of ether oxygens (including phenoxy) is 2. The summed E-state index contributed by atoms with van der Waals surface area (Å²) in [7, 11) is 3.85. The van der Waals surface area contributed by atoms with Gasteiger partial charge < -0.3 is 24.4 Å². The van der Waals surface area contributed by atoms with Crippen molar-refractivity contribution >= 4 is 11.9 Å². The van der Waals surface area contributed by atoms with E-state index in [1.807, 2.05) is 42.1 Å². The predicted octanol–water partition coefficient (Wildman–Crippen LogP) is 2.05. The molecule has 1 aromatic rings. The molecule has 0 bridgehead atoms. The van der Waals surface area contributed by atoms with Crippen LogP contribution in [0.4, 0.5) is 13.2 Å². The molecule has 0 aliphatic carbocycles. The second-order valence-corrected chi connectivity index (χ2v) is 7.93. The molecule has 2 unspecified atom stereocenters. The Morgan fingerprint density at radius 1 is 1.39 bits per heavy atom. The SMILES string of the molecule is CN(C)CC(=O)N1CCC2OCCCC2(COc2ccccn2)C1.O=C(O)C(F)(F)F. The van der Waals surface area contributed by atoms with Gasteiger partial charge in [0.2, 0.25) is 11.8 Å². The molecule has 31 heavy (non-hydrogen) atoms. The van der Waals surface area contributed by atoms with Crippen molar-refractivity contribution in [1.82, 2.24) is 14.8 Å². The first kappa shape index (κ1) is 24.9. The third-order valence-corrected chi connectivity index (χ3v) is 5.18. The lowest BCUT2D eigenvalue weighted by molar-refractivity contribution is -0.192. The third-order valence-electron chi connectivity index (χ3n) is 5.18. The van der Waals surface area contributed by atoms with Crippen LogP contribution >= 0.6 is 0 Å². The van der Waals surface area contributed by atoms with Crippen molar-refractivity contribution in [2.24, 2.45) is 5.41 Å². The Balaban J connectivity index is 0.000000423. The summed E-state index contributed by atoms with van der Waals surface area (Å²) in [6.07, 6.45) is -0.271. The van der Waals surface area contributed by atoms with Gasteiger partial charge in [-0.25, -0.2) is 9.78 Å². The molecule has 1 aromatic heterocycles. The van der Waals surface area contributed by atoms with E-state index in [0.29, 0.717) is 25.6 Å². The molecule has 0 radical (unpaired) electrons. The van der Waals surface area contributed by atoms with Crippen LogP contribution in [-0.4, -0.2) is 91.0 Å². The standard InChI is InChI=1S/C18H27N3O3.C2HF3O2/c1-20(2)12-17(22)21-10-7-15-18(13-21,8-5-11-23-15)14-24-16-6-3-4-9-19-16;3-2(4,5)1(6)7/h3-4,6,9,15H,5,7-8,10-14H2,1-2H3;(H,6,7). The van der Waals surface area contributed by atoms with Gasteiger partial charge in [-0.1, -0.05) is 6.07 Å². The number of amides is 1. The van der Waals surface area contributed by atoms with Gasteiger partial charge in [0.05, 0.1) is 19.3 Å². The van der Waals surface area contributed by atoms with Crippen LogP contribution in [0.3, 0.4) is 0 Å². The lowest BCUT2D eigenvalue weighted by atomic mass is 9.73. The fourth-order valence-electron chi connectivity index (χ4n) is 3.73. The highest BCUT2D eigenvalue weighted by molar-refractivity contribution is 5.78. The normalized spacial score (nSPS) is 23.4. The van der Waals surface area contributed by atoms with Gasteiger partial charge in [0.15, 0.2) is 0 Å². The summed E-state index contributed by atoms with van der Waals surface area (Å²) in [5.74, 6) is -1.94. The van der Waals surface area contributed by atoms with Gasteiger partial charge in [-0.15, -0.1) is 0 Å². The van der Waals surface area contributed by atoms with E-state index in [0.717, 1.165) is 32.4 Å². The molecule has 0 aromatic carbocycles. The molecule has 3 rings (SSSR count). The van der Waals surface area contributed by atoms with Crippen molar-refractivity contribution in [3.8, 4) is 5.88 Å². The van der Waals surface area contributed by atoms with Crippen molar-refractivity contribution in [3.05, 3.63) is 24.4 Å². The number of likely N-dealkylation sites (N-methyl/N-ethyl adjacent to an activating group) is 1. The molecule has 1 N–H and O–H groups in total. The van der Waals surface area contributed by atoms with Crippen LogP contribution in [0.5, 0.6) is 5.88 Å². The number of halogens is 3. The molecule has 11 heteroatoms. The van der Waals surface area contributed by atoms with Crippen LogP contribution < -0.4 is 4.74 Å². The molecule has 8 nitrogen and oxygen atoms in total. The largest absolute Gasteiger partial charge is 0.490 e. The molecule has 3 heterocycles. The first-order chi connectivity index (χ1) is 14.5. The van der Waals surface area contributed by atoms with Gasteiger partial charge in [0, 0.05) is 37.4 Å². The van der Waals surface area contributed by atoms with Crippen molar-refractivity contribution in [2.45, 2.75) is 31.5 Å². The number of fused-ring (bicyclic) bond motifs is 1. The van der Waals surface area contributed by atoms with E-state index in [9.17, 15) is 18.0 Å². The van der Waals surface area contributed by atoms with E-state index in [1.54, 1.807) is 6.20 Å². The number of carbonyl (C=O) groups excluding carboxylic acids is 1. The summed E-state index contributed by atoms with van der Waals surface area (Å²) in [6, 6.07) is 5.66. The average molecular weight is 447 g/mol. The van der Waals surface area contributed by atoms with Gasteiger partial charge in [-0.2, -0.15) is 13.2 Å². The van der Waals surface area contributed by atoms with E-state index in [1.165, 1.54) is 0 Å². The molecule has 2 saturated heterocycles. The number of pyridine rings is 1. The zero-order valence-electron chi connectivity index (χ0n) is 17.6. The topological polar surface area (TPSA) is 92.2 Å². The molecule has 0 saturated carbocycles. The second kappa shape index (κ2) is 10.8. The summed E-state index contributed by atoms with van der Waals surface area (Å²) in [5, 5.41) is 7.12. The van der Waals surface area contributed by atoms with Crippen molar-refractivity contribution in [2.75, 3.05) is 46.9 Å². The Morgan fingerprint density at radius 3 is 2.68 bits per heavy atom. The minimum absolute atomic E-state index is 0.129. The zero-order chi connectivity index (χ0) is 23.1. The highest BCUT2D eigenvalue weighted by Crippen LogP contribution is 2.40. The Morgan fingerprint density at radius 2 is 2.10 bits per heavy atom. The molecular formula is C20H28F3N3O5. The number of carboxylic acids is 1. The maximum Gasteiger partial charge on any atom is 0.490 e. The zero-order valence-corrected chi connectivity index (χ0v) is 17.6. The molecule has 174 valence electrons. The quantitative estimate of drug-likeness (QED) is 0.739. The molecule has 2 atom stereocenters.